The Kier molecular flexibility index (Phi) is 3.27. The molecule has 15 heavy (non-hydrogen) atoms. The molecule has 0 spiro atoms. The zero-order valence-corrected chi connectivity index (χ0v) is 9.28. The maximum atomic E-state index is 5.90. The molecular weight excluding hydrogens is 186 g/mol. The highest BCUT2D eigenvalue weighted by atomic mass is 16.5. The first-order chi connectivity index (χ1) is 7.24. The molecule has 1 aromatic carbocycles. The van der Waals surface area contributed by atoms with Crippen molar-refractivity contribution < 1.29 is 4.74 Å². The summed E-state index contributed by atoms with van der Waals surface area (Å²) >= 11 is 0. The van der Waals surface area contributed by atoms with E-state index in [1.54, 1.807) is 0 Å². The number of hydrogen-bond acceptors (Lipinski definition) is 2. The third-order valence-electron chi connectivity index (χ3n) is 2.89. The molecule has 0 unspecified atom stereocenters. The van der Waals surface area contributed by atoms with Crippen molar-refractivity contribution in [2.45, 2.75) is 18.9 Å². The second kappa shape index (κ2) is 4.67. The predicted molar refractivity (Wildman–Crippen MR) is 62.0 cm³/mol. The lowest BCUT2D eigenvalue weighted by atomic mass is 10.1. The summed E-state index contributed by atoms with van der Waals surface area (Å²) in [5.41, 5.74) is 1.03. The van der Waals surface area contributed by atoms with Gasteiger partial charge in [-0.15, -0.1) is 0 Å². The summed E-state index contributed by atoms with van der Waals surface area (Å²) in [7, 11) is 2.16. The number of benzene rings is 1. The van der Waals surface area contributed by atoms with Gasteiger partial charge in [-0.2, -0.15) is 0 Å². The molecule has 1 saturated heterocycles. The van der Waals surface area contributed by atoms with E-state index in [-0.39, 0.29) is 0 Å². The molecule has 0 aromatic heterocycles. The van der Waals surface area contributed by atoms with Crippen LogP contribution in [0.15, 0.2) is 24.3 Å². The van der Waals surface area contributed by atoms with Crippen molar-refractivity contribution >= 4 is 0 Å². The Morgan fingerprint density at radius 2 is 1.80 bits per heavy atom. The van der Waals surface area contributed by atoms with Gasteiger partial charge in [0.05, 0.1) is 0 Å². The lowest BCUT2D eigenvalue weighted by Crippen LogP contribution is -2.35. The van der Waals surface area contributed by atoms with Crippen molar-refractivity contribution in [3.8, 4) is 5.75 Å². The van der Waals surface area contributed by atoms with Crippen molar-refractivity contribution in [1.29, 1.82) is 0 Å². The van der Waals surface area contributed by atoms with Crippen LogP contribution in [-0.2, 0) is 0 Å². The predicted octanol–water partition coefficient (Wildman–Crippen LogP) is 2.34. The topological polar surface area (TPSA) is 12.5 Å². The van der Waals surface area contributed by atoms with Crippen molar-refractivity contribution in [2.24, 2.45) is 0 Å². The highest BCUT2D eigenvalue weighted by Gasteiger charge is 2.17. The Balaban J connectivity index is 1.89. The molecule has 0 aliphatic carbocycles. The molecule has 1 heterocycles. The van der Waals surface area contributed by atoms with E-state index < -0.39 is 0 Å². The Morgan fingerprint density at radius 1 is 1.20 bits per heavy atom. The summed E-state index contributed by atoms with van der Waals surface area (Å²) in [6, 6.07) is 7.98. The third-order valence-corrected chi connectivity index (χ3v) is 2.89. The fraction of sp³-hybridized carbons (Fsp3) is 0.462. The smallest absolute Gasteiger partial charge is 0.119 e. The zero-order valence-electron chi connectivity index (χ0n) is 9.28. The van der Waals surface area contributed by atoms with Gasteiger partial charge in [0.1, 0.15) is 11.9 Å². The van der Waals surface area contributed by atoms with Gasteiger partial charge in [0.15, 0.2) is 0 Å². The average molecular weight is 204 g/mol. The van der Waals surface area contributed by atoms with E-state index in [4.69, 9.17) is 4.74 Å². The van der Waals surface area contributed by atoms with Gasteiger partial charge in [0.25, 0.3) is 0 Å². The van der Waals surface area contributed by atoms with Crippen LogP contribution in [0.4, 0.5) is 0 Å². The second-order valence-electron chi connectivity index (χ2n) is 4.26. The first-order valence-corrected chi connectivity index (χ1v) is 5.51. The van der Waals surface area contributed by atoms with Crippen LogP contribution in [0.2, 0.25) is 0 Å². The summed E-state index contributed by atoms with van der Waals surface area (Å²) in [6.07, 6.45) is 2.64. The van der Waals surface area contributed by atoms with E-state index in [2.05, 4.69) is 18.9 Å². The number of piperidine rings is 1. The van der Waals surface area contributed by atoms with Crippen LogP contribution in [0.1, 0.15) is 18.4 Å². The largest absolute Gasteiger partial charge is 0.490 e. The molecule has 2 heteroatoms. The van der Waals surface area contributed by atoms with Gasteiger partial charge < -0.3 is 9.64 Å². The SMILES string of the molecule is [CH2]c1ccc(OC2CCN(C)CC2)cc1. The third kappa shape index (κ3) is 2.96. The number of hydrogen-bond donors (Lipinski definition) is 0. The minimum absolute atomic E-state index is 0.386. The fourth-order valence-electron chi connectivity index (χ4n) is 1.86. The van der Waals surface area contributed by atoms with Crippen LogP contribution in [0.5, 0.6) is 5.75 Å². The highest BCUT2D eigenvalue weighted by Crippen LogP contribution is 2.18. The maximum absolute atomic E-state index is 5.90. The molecule has 1 radical (unpaired) electrons. The van der Waals surface area contributed by atoms with E-state index in [0.717, 1.165) is 37.2 Å². The molecule has 1 aromatic rings. The van der Waals surface area contributed by atoms with E-state index in [1.165, 1.54) is 0 Å². The minimum atomic E-state index is 0.386. The molecule has 2 nitrogen and oxygen atoms in total. The van der Waals surface area contributed by atoms with Crippen molar-refractivity contribution in [3.63, 3.8) is 0 Å². The van der Waals surface area contributed by atoms with Gasteiger partial charge in [0, 0.05) is 13.1 Å². The van der Waals surface area contributed by atoms with Gasteiger partial charge in [-0.25, -0.2) is 0 Å². The highest BCUT2D eigenvalue weighted by molar-refractivity contribution is 5.28. The van der Waals surface area contributed by atoms with Crippen LogP contribution in [0.25, 0.3) is 0 Å². The molecule has 0 saturated carbocycles. The summed E-state index contributed by atoms with van der Waals surface area (Å²) < 4.78 is 5.90. The molecule has 81 valence electrons. The number of likely N-dealkylation sites (tertiary alicyclic amines) is 1. The van der Waals surface area contributed by atoms with Crippen LogP contribution >= 0.6 is 0 Å². The lowest BCUT2D eigenvalue weighted by Gasteiger charge is -2.29. The molecule has 0 amide bonds. The van der Waals surface area contributed by atoms with Crippen LogP contribution in [-0.4, -0.2) is 31.1 Å². The first-order valence-electron chi connectivity index (χ1n) is 5.51. The zero-order chi connectivity index (χ0) is 10.7. The lowest BCUT2D eigenvalue weighted by molar-refractivity contribution is 0.114. The van der Waals surface area contributed by atoms with Gasteiger partial charge in [-0.3, -0.25) is 0 Å². The molecule has 1 aliphatic heterocycles. The summed E-state index contributed by atoms with van der Waals surface area (Å²) in [5.74, 6) is 0.969. The quantitative estimate of drug-likeness (QED) is 0.733. The number of rotatable bonds is 2. The molecule has 2 rings (SSSR count). The fourth-order valence-corrected chi connectivity index (χ4v) is 1.86. The summed E-state index contributed by atoms with van der Waals surface area (Å²) in [4.78, 5) is 2.35. The van der Waals surface area contributed by atoms with Crippen molar-refractivity contribution in [3.05, 3.63) is 36.8 Å². The van der Waals surface area contributed by atoms with Crippen LogP contribution in [0, 0.1) is 6.92 Å². The van der Waals surface area contributed by atoms with E-state index in [1.807, 2.05) is 24.3 Å². The molecule has 0 bridgehead atoms. The molecule has 0 atom stereocenters. The Bertz CT molecular complexity index is 299. The first kappa shape index (κ1) is 10.5. The van der Waals surface area contributed by atoms with Gasteiger partial charge in [-0.1, -0.05) is 12.1 Å². The maximum Gasteiger partial charge on any atom is 0.119 e. The van der Waals surface area contributed by atoms with Gasteiger partial charge >= 0.3 is 0 Å². The second-order valence-corrected chi connectivity index (χ2v) is 4.26. The standard InChI is InChI=1S/C13H18NO/c1-11-3-5-12(6-4-11)15-13-7-9-14(2)10-8-13/h3-6,13H,1,7-10H2,2H3. The van der Waals surface area contributed by atoms with Crippen LogP contribution < -0.4 is 4.74 Å². The average Bonchev–Trinajstić information content (AvgIpc) is 2.25. The summed E-state index contributed by atoms with van der Waals surface area (Å²) in [6.45, 7) is 6.13. The number of nitrogens with zero attached hydrogens (tertiary/aromatic N) is 1. The molecular formula is C13H18NO. The minimum Gasteiger partial charge on any atom is -0.490 e. The monoisotopic (exact) mass is 204 g/mol. The van der Waals surface area contributed by atoms with Gasteiger partial charge in [-0.05, 0) is 44.5 Å². The Morgan fingerprint density at radius 3 is 2.40 bits per heavy atom. The number of ether oxygens (including phenoxy) is 1. The Labute approximate surface area is 91.9 Å². The van der Waals surface area contributed by atoms with E-state index in [0.29, 0.717) is 6.10 Å². The van der Waals surface area contributed by atoms with Crippen molar-refractivity contribution in [2.75, 3.05) is 20.1 Å². The Hall–Kier alpha value is -1.02. The molecule has 1 aliphatic rings. The van der Waals surface area contributed by atoms with Crippen molar-refractivity contribution in [1.82, 2.24) is 4.90 Å². The molecule has 0 N–H and O–H groups in total. The van der Waals surface area contributed by atoms with Gasteiger partial charge in [0.2, 0.25) is 0 Å². The van der Waals surface area contributed by atoms with E-state index in [9.17, 15) is 0 Å². The normalized spacial score (nSPS) is 19.1. The summed E-state index contributed by atoms with van der Waals surface area (Å²) in [5, 5.41) is 0. The molecule has 1 fully saturated rings. The van der Waals surface area contributed by atoms with Crippen LogP contribution in [0.3, 0.4) is 0 Å². The van der Waals surface area contributed by atoms with E-state index >= 15 is 0 Å².